The van der Waals surface area contributed by atoms with Gasteiger partial charge in [-0.15, -0.1) is 0 Å². The van der Waals surface area contributed by atoms with E-state index in [1.165, 1.54) is 12.0 Å². The number of amides is 1. The number of furan rings is 1. The lowest BCUT2D eigenvalue weighted by molar-refractivity contribution is -0.129. The summed E-state index contributed by atoms with van der Waals surface area (Å²) in [5.41, 5.74) is 1.40. The minimum atomic E-state index is -0.829. The van der Waals surface area contributed by atoms with Crippen LogP contribution in [0.25, 0.3) is 11.0 Å². The normalized spacial score (nSPS) is 16.2. The maximum atomic E-state index is 13.5. The van der Waals surface area contributed by atoms with E-state index in [2.05, 4.69) is 0 Å². The third-order valence-corrected chi connectivity index (χ3v) is 5.63. The number of fused-ring (bicyclic) bond motifs is 1. The summed E-state index contributed by atoms with van der Waals surface area (Å²) in [5.74, 6) is -2.24. The van der Waals surface area contributed by atoms with Crippen molar-refractivity contribution >= 4 is 28.6 Å². The van der Waals surface area contributed by atoms with Gasteiger partial charge < -0.3 is 24.1 Å². The summed E-state index contributed by atoms with van der Waals surface area (Å²) in [6.07, 6.45) is 0. The van der Waals surface area contributed by atoms with Gasteiger partial charge in [-0.2, -0.15) is 0 Å². The van der Waals surface area contributed by atoms with Crippen LogP contribution < -0.4 is 0 Å². The average Bonchev–Trinajstić information content (AvgIpc) is 3.36. The Bertz CT molecular complexity index is 1220. The Morgan fingerprint density at radius 2 is 1.82 bits per heavy atom. The van der Waals surface area contributed by atoms with Crippen molar-refractivity contribution in [2.75, 3.05) is 34.3 Å². The number of carbonyl (C=O) groups is 3. The molecule has 0 fully saturated rings. The first kappa shape index (κ1) is 22.3. The van der Waals surface area contributed by atoms with Gasteiger partial charge in [-0.3, -0.25) is 9.59 Å². The van der Waals surface area contributed by atoms with E-state index in [0.717, 1.165) is 5.39 Å². The van der Waals surface area contributed by atoms with Gasteiger partial charge in [0, 0.05) is 18.5 Å². The molecule has 0 aliphatic carbocycles. The number of rotatable bonds is 7. The number of hydrogen-bond acceptors (Lipinski definition) is 7. The fourth-order valence-electron chi connectivity index (χ4n) is 3.92. The van der Waals surface area contributed by atoms with E-state index < -0.39 is 29.5 Å². The summed E-state index contributed by atoms with van der Waals surface area (Å²) in [5, 5.41) is 11.5. The third kappa shape index (κ3) is 4.12. The number of para-hydroxylation sites is 1. The minimum absolute atomic E-state index is 0.0381. The fraction of sp³-hybridized carbons (Fsp3) is 0.240. The number of benzene rings is 2. The number of methoxy groups -OCH3 is 1. The molecule has 1 atom stereocenters. The second-order valence-electron chi connectivity index (χ2n) is 8.06. The quantitative estimate of drug-likeness (QED) is 0.437. The molecule has 8 heteroatoms. The number of nitrogens with zero attached hydrogens (tertiary/aromatic N) is 2. The highest BCUT2D eigenvalue weighted by Crippen LogP contribution is 2.39. The van der Waals surface area contributed by atoms with Crippen LogP contribution in [0.5, 0.6) is 0 Å². The largest absolute Gasteiger partial charge is 0.503 e. The number of ketones is 1. The van der Waals surface area contributed by atoms with Crippen molar-refractivity contribution in [1.82, 2.24) is 9.80 Å². The summed E-state index contributed by atoms with van der Waals surface area (Å²) in [6, 6.07) is 14.4. The van der Waals surface area contributed by atoms with Gasteiger partial charge in [0.05, 0.1) is 24.3 Å². The van der Waals surface area contributed by atoms with Gasteiger partial charge in [-0.1, -0.05) is 30.3 Å². The maximum Gasteiger partial charge on any atom is 0.337 e. The Hall–Kier alpha value is -3.91. The zero-order valence-electron chi connectivity index (χ0n) is 18.6. The molecule has 2 aromatic carbocycles. The number of aliphatic hydroxyl groups is 1. The van der Waals surface area contributed by atoms with Gasteiger partial charge in [0.1, 0.15) is 5.58 Å². The Kier molecular flexibility index (Phi) is 6.02. The summed E-state index contributed by atoms with van der Waals surface area (Å²) in [6.45, 7) is 0.818. The lowest BCUT2D eigenvalue weighted by atomic mass is 9.94. The molecule has 1 unspecified atom stereocenters. The van der Waals surface area contributed by atoms with Crippen LogP contribution in [0.1, 0.15) is 32.5 Å². The van der Waals surface area contributed by atoms with Crippen LogP contribution in [-0.2, 0) is 9.53 Å². The summed E-state index contributed by atoms with van der Waals surface area (Å²) in [4.78, 5) is 41.7. The lowest BCUT2D eigenvalue weighted by Crippen LogP contribution is -2.36. The SMILES string of the molecule is COC(=O)c1ccc(C2C(C(=O)c3cc4ccccc4o3)=C(O)C(=O)N2CCN(C)C)cc1. The maximum absolute atomic E-state index is 13.5. The van der Waals surface area contributed by atoms with E-state index in [4.69, 9.17) is 9.15 Å². The first-order valence-corrected chi connectivity index (χ1v) is 10.4. The molecule has 1 amide bonds. The van der Waals surface area contributed by atoms with Gasteiger partial charge >= 0.3 is 5.97 Å². The summed E-state index contributed by atoms with van der Waals surface area (Å²) < 4.78 is 10.5. The summed E-state index contributed by atoms with van der Waals surface area (Å²) in [7, 11) is 5.03. The molecule has 0 bridgehead atoms. The molecule has 0 spiro atoms. The number of likely N-dealkylation sites (N-methyl/N-ethyl adjacent to an activating group) is 1. The molecular formula is C25H24N2O6. The summed E-state index contributed by atoms with van der Waals surface area (Å²) >= 11 is 0. The molecule has 1 aliphatic rings. The molecule has 4 rings (SSSR count). The molecule has 33 heavy (non-hydrogen) atoms. The van der Waals surface area contributed by atoms with Crippen LogP contribution in [0, 0.1) is 0 Å². The van der Waals surface area contributed by atoms with E-state index in [0.29, 0.717) is 23.3 Å². The molecule has 1 N–H and O–H groups in total. The van der Waals surface area contributed by atoms with Crippen LogP contribution in [0.2, 0.25) is 0 Å². The Morgan fingerprint density at radius 3 is 2.45 bits per heavy atom. The molecule has 1 aliphatic heterocycles. The second kappa shape index (κ2) is 8.91. The molecule has 1 aromatic heterocycles. The van der Waals surface area contributed by atoms with E-state index in [-0.39, 0.29) is 17.9 Å². The van der Waals surface area contributed by atoms with Crippen LogP contribution in [0.3, 0.4) is 0 Å². The number of hydrogen-bond donors (Lipinski definition) is 1. The van der Waals surface area contributed by atoms with Crippen molar-refractivity contribution < 1.29 is 28.6 Å². The number of Topliss-reactive ketones (excluding diaryl/α,β-unsaturated/α-hetero) is 1. The van der Waals surface area contributed by atoms with Crippen LogP contribution in [0.15, 0.2) is 70.3 Å². The molecule has 3 aromatic rings. The number of ether oxygens (including phenoxy) is 1. The monoisotopic (exact) mass is 448 g/mol. The zero-order valence-corrected chi connectivity index (χ0v) is 18.6. The van der Waals surface area contributed by atoms with Crippen LogP contribution in [-0.4, -0.2) is 66.9 Å². The van der Waals surface area contributed by atoms with Gasteiger partial charge in [0.25, 0.3) is 5.91 Å². The average molecular weight is 448 g/mol. The predicted molar refractivity (Wildman–Crippen MR) is 121 cm³/mol. The van der Waals surface area contributed by atoms with Gasteiger partial charge in [-0.25, -0.2) is 4.79 Å². The van der Waals surface area contributed by atoms with E-state index in [1.54, 1.807) is 42.5 Å². The number of aliphatic hydroxyl groups excluding tert-OH is 1. The Balaban J connectivity index is 1.77. The molecule has 2 heterocycles. The molecule has 0 saturated carbocycles. The molecule has 0 radical (unpaired) electrons. The number of esters is 1. The predicted octanol–water partition coefficient (Wildman–Crippen LogP) is 3.36. The van der Waals surface area contributed by atoms with Crippen LogP contribution in [0.4, 0.5) is 0 Å². The molecule has 170 valence electrons. The fourth-order valence-corrected chi connectivity index (χ4v) is 3.92. The minimum Gasteiger partial charge on any atom is -0.503 e. The molecule has 8 nitrogen and oxygen atoms in total. The molecule has 0 saturated heterocycles. The first-order chi connectivity index (χ1) is 15.8. The van der Waals surface area contributed by atoms with Crippen LogP contribution >= 0.6 is 0 Å². The van der Waals surface area contributed by atoms with Gasteiger partial charge in [-0.05, 0) is 43.9 Å². The number of carbonyl (C=O) groups excluding carboxylic acids is 3. The highest BCUT2D eigenvalue weighted by Gasteiger charge is 2.44. The van der Waals surface area contributed by atoms with Crippen molar-refractivity contribution in [3.05, 3.63) is 82.8 Å². The van der Waals surface area contributed by atoms with Crippen molar-refractivity contribution in [2.45, 2.75) is 6.04 Å². The van der Waals surface area contributed by atoms with Crippen molar-refractivity contribution in [3.8, 4) is 0 Å². The lowest BCUT2D eigenvalue weighted by Gasteiger charge is -2.28. The second-order valence-corrected chi connectivity index (χ2v) is 8.06. The smallest absolute Gasteiger partial charge is 0.337 e. The molecular weight excluding hydrogens is 424 g/mol. The van der Waals surface area contributed by atoms with Gasteiger partial charge in [0.15, 0.2) is 11.5 Å². The zero-order chi connectivity index (χ0) is 23.7. The Labute approximate surface area is 190 Å². The van der Waals surface area contributed by atoms with Gasteiger partial charge in [0.2, 0.25) is 5.78 Å². The topological polar surface area (TPSA) is 100 Å². The van der Waals surface area contributed by atoms with E-state index in [1.807, 2.05) is 31.1 Å². The van der Waals surface area contributed by atoms with Crippen molar-refractivity contribution in [2.24, 2.45) is 0 Å². The van der Waals surface area contributed by atoms with Crippen molar-refractivity contribution in [1.29, 1.82) is 0 Å². The van der Waals surface area contributed by atoms with E-state index in [9.17, 15) is 19.5 Å². The first-order valence-electron chi connectivity index (χ1n) is 10.4. The highest BCUT2D eigenvalue weighted by atomic mass is 16.5. The Morgan fingerprint density at radius 1 is 1.12 bits per heavy atom. The van der Waals surface area contributed by atoms with E-state index >= 15 is 0 Å². The van der Waals surface area contributed by atoms with Crippen molar-refractivity contribution in [3.63, 3.8) is 0 Å². The third-order valence-electron chi connectivity index (χ3n) is 5.63. The standard InChI is InChI=1S/C25H24N2O6/c1-26(2)12-13-27-21(15-8-10-16(11-9-15)25(31)32-3)20(23(29)24(27)30)22(28)19-14-17-6-4-5-7-18(17)33-19/h4-11,14,21,29H,12-13H2,1-3H3. The highest BCUT2D eigenvalue weighted by molar-refractivity contribution is 6.16.